The Morgan fingerprint density at radius 3 is 2.30 bits per heavy atom. The van der Waals surface area contributed by atoms with Crippen LogP contribution in [0.25, 0.3) is 0 Å². The van der Waals surface area contributed by atoms with Crippen molar-refractivity contribution in [2.24, 2.45) is 0 Å². The van der Waals surface area contributed by atoms with Crippen LogP contribution in [0.2, 0.25) is 0 Å². The summed E-state index contributed by atoms with van der Waals surface area (Å²) in [6.45, 7) is 2.76. The van der Waals surface area contributed by atoms with Gasteiger partial charge < -0.3 is 10.0 Å². The van der Waals surface area contributed by atoms with Gasteiger partial charge in [0.25, 0.3) is 0 Å². The van der Waals surface area contributed by atoms with Gasteiger partial charge in [0.2, 0.25) is 0 Å². The molecular weight excluding hydrogens is 278 g/mol. The van der Waals surface area contributed by atoms with Crippen molar-refractivity contribution >= 4 is 15.8 Å². The van der Waals surface area contributed by atoms with Gasteiger partial charge in [-0.15, -0.1) is 0 Å². The quantitative estimate of drug-likeness (QED) is 0.822. The standard InChI is InChI=1S/C14H21NO4S/c1-11(14(16)17)13-6-4-12(5-7-13)10-15(2)8-9-20(3,18)19/h4-7,11H,8-10H2,1-3H3,(H,16,17). The Kier molecular flexibility index (Phi) is 5.71. The van der Waals surface area contributed by atoms with Crippen molar-refractivity contribution < 1.29 is 18.3 Å². The predicted molar refractivity (Wildman–Crippen MR) is 78.5 cm³/mol. The summed E-state index contributed by atoms with van der Waals surface area (Å²) in [6, 6.07) is 7.37. The molecule has 1 atom stereocenters. The number of hydrogen-bond acceptors (Lipinski definition) is 4. The molecule has 1 N–H and O–H groups in total. The molecule has 0 fully saturated rings. The summed E-state index contributed by atoms with van der Waals surface area (Å²) < 4.78 is 22.2. The molecule has 0 spiro atoms. The lowest BCUT2D eigenvalue weighted by Gasteiger charge is -2.16. The van der Waals surface area contributed by atoms with Crippen LogP contribution in [0, 0.1) is 0 Å². The number of carboxylic acids is 1. The van der Waals surface area contributed by atoms with E-state index in [4.69, 9.17) is 5.11 Å². The zero-order valence-corrected chi connectivity index (χ0v) is 12.9. The van der Waals surface area contributed by atoms with Gasteiger partial charge in [-0.25, -0.2) is 8.42 Å². The van der Waals surface area contributed by atoms with Gasteiger partial charge in [0, 0.05) is 19.3 Å². The maximum atomic E-state index is 11.1. The Labute approximate surface area is 120 Å². The summed E-state index contributed by atoms with van der Waals surface area (Å²) >= 11 is 0. The molecule has 5 nitrogen and oxygen atoms in total. The van der Waals surface area contributed by atoms with Crippen LogP contribution in [0.4, 0.5) is 0 Å². The van der Waals surface area contributed by atoms with Gasteiger partial charge >= 0.3 is 5.97 Å². The summed E-state index contributed by atoms with van der Waals surface area (Å²) in [5.74, 6) is -1.23. The highest BCUT2D eigenvalue weighted by molar-refractivity contribution is 7.90. The second kappa shape index (κ2) is 6.85. The van der Waals surface area contributed by atoms with E-state index in [0.29, 0.717) is 13.1 Å². The fourth-order valence-electron chi connectivity index (χ4n) is 1.77. The first-order chi connectivity index (χ1) is 9.19. The van der Waals surface area contributed by atoms with E-state index >= 15 is 0 Å². The number of rotatable bonds is 7. The molecule has 1 aromatic rings. The second-order valence-corrected chi connectivity index (χ2v) is 7.43. The van der Waals surface area contributed by atoms with Gasteiger partial charge in [0.05, 0.1) is 11.7 Å². The SMILES string of the molecule is CC(C(=O)O)c1ccc(CN(C)CCS(C)(=O)=O)cc1. The monoisotopic (exact) mass is 299 g/mol. The topological polar surface area (TPSA) is 74.7 Å². The van der Waals surface area contributed by atoms with Crippen LogP contribution in [-0.4, -0.2) is 50.0 Å². The first-order valence-electron chi connectivity index (χ1n) is 6.37. The highest BCUT2D eigenvalue weighted by atomic mass is 32.2. The molecule has 0 aliphatic rings. The molecule has 0 aliphatic carbocycles. The van der Waals surface area contributed by atoms with Gasteiger partial charge in [-0.3, -0.25) is 4.79 Å². The first-order valence-corrected chi connectivity index (χ1v) is 8.43. The molecule has 1 rings (SSSR count). The maximum absolute atomic E-state index is 11.1. The lowest BCUT2D eigenvalue weighted by Crippen LogP contribution is -2.24. The van der Waals surface area contributed by atoms with Crippen LogP contribution in [-0.2, 0) is 21.2 Å². The molecular formula is C14H21NO4S. The molecule has 20 heavy (non-hydrogen) atoms. The highest BCUT2D eigenvalue weighted by Crippen LogP contribution is 2.16. The lowest BCUT2D eigenvalue weighted by molar-refractivity contribution is -0.138. The molecule has 0 heterocycles. The molecule has 0 aliphatic heterocycles. The van der Waals surface area contributed by atoms with E-state index < -0.39 is 21.7 Å². The van der Waals surface area contributed by atoms with Gasteiger partial charge in [-0.05, 0) is 25.1 Å². The minimum absolute atomic E-state index is 0.137. The normalized spacial score (nSPS) is 13.4. The summed E-state index contributed by atoms with van der Waals surface area (Å²) in [6.07, 6.45) is 1.23. The number of aliphatic carboxylic acids is 1. The van der Waals surface area contributed by atoms with Crippen molar-refractivity contribution in [3.05, 3.63) is 35.4 Å². The Bertz CT molecular complexity index is 551. The fourth-order valence-corrected chi connectivity index (χ4v) is 2.41. The van der Waals surface area contributed by atoms with E-state index in [9.17, 15) is 13.2 Å². The number of nitrogens with zero attached hydrogens (tertiary/aromatic N) is 1. The highest BCUT2D eigenvalue weighted by Gasteiger charge is 2.13. The van der Waals surface area contributed by atoms with Crippen LogP contribution in [0.1, 0.15) is 24.0 Å². The van der Waals surface area contributed by atoms with Gasteiger partial charge in [-0.1, -0.05) is 24.3 Å². The molecule has 0 saturated heterocycles. The van der Waals surface area contributed by atoms with E-state index in [1.807, 2.05) is 24.1 Å². The second-order valence-electron chi connectivity index (χ2n) is 5.17. The molecule has 0 aromatic heterocycles. The third kappa shape index (κ3) is 5.71. The number of carbonyl (C=O) groups is 1. The molecule has 0 bridgehead atoms. The minimum Gasteiger partial charge on any atom is -0.481 e. The van der Waals surface area contributed by atoms with Crippen LogP contribution < -0.4 is 0 Å². The van der Waals surface area contributed by atoms with Crippen LogP contribution in [0.3, 0.4) is 0 Å². The van der Waals surface area contributed by atoms with Crippen LogP contribution in [0.15, 0.2) is 24.3 Å². The average Bonchev–Trinajstić information content (AvgIpc) is 2.35. The van der Waals surface area contributed by atoms with Crippen molar-refractivity contribution in [2.45, 2.75) is 19.4 Å². The maximum Gasteiger partial charge on any atom is 0.310 e. The molecule has 112 valence electrons. The van der Waals surface area contributed by atoms with Gasteiger partial charge in [-0.2, -0.15) is 0 Å². The van der Waals surface area contributed by atoms with Crippen LogP contribution >= 0.6 is 0 Å². The lowest BCUT2D eigenvalue weighted by atomic mass is 10.00. The fraction of sp³-hybridized carbons (Fsp3) is 0.500. The minimum atomic E-state index is -2.95. The van der Waals surface area contributed by atoms with Crippen molar-refractivity contribution in [2.75, 3.05) is 25.6 Å². The van der Waals surface area contributed by atoms with E-state index in [1.54, 1.807) is 19.1 Å². The first kappa shape index (κ1) is 16.7. The third-order valence-corrected chi connectivity index (χ3v) is 4.07. The van der Waals surface area contributed by atoms with E-state index in [2.05, 4.69) is 0 Å². The summed E-state index contributed by atoms with van der Waals surface area (Å²) in [7, 11) is -1.09. The third-order valence-electron chi connectivity index (χ3n) is 3.15. The zero-order chi connectivity index (χ0) is 15.3. The zero-order valence-electron chi connectivity index (χ0n) is 12.0. The largest absolute Gasteiger partial charge is 0.481 e. The van der Waals surface area contributed by atoms with Gasteiger partial charge in [0.1, 0.15) is 9.84 Å². The van der Waals surface area contributed by atoms with E-state index in [1.165, 1.54) is 6.26 Å². The molecule has 6 heteroatoms. The van der Waals surface area contributed by atoms with Crippen molar-refractivity contribution in [1.82, 2.24) is 4.90 Å². The van der Waals surface area contributed by atoms with Crippen molar-refractivity contribution in [1.29, 1.82) is 0 Å². The predicted octanol–water partition coefficient (Wildman–Crippen LogP) is 1.35. The smallest absolute Gasteiger partial charge is 0.310 e. The number of carboxylic acid groups (broad SMARTS) is 1. The summed E-state index contributed by atoms with van der Waals surface area (Å²) in [4.78, 5) is 12.8. The number of hydrogen-bond donors (Lipinski definition) is 1. The van der Waals surface area contributed by atoms with E-state index in [0.717, 1.165) is 11.1 Å². The van der Waals surface area contributed by atoms with E-state index in [-0.39, 0.29) is 5.75 Å². The Hall–Kier alpha value is -1.40. The van der Waals surface area contributed by atoms with Crippen LogP contribution in [0.5, 0.6) is 0 Å². The Morgan fingerprint density at radius 2 is 1.85 bits per heavy atom. The summed E-state index contributed by atoms with van der Waals surface area (Å²) in [5.41, 5.74) is 1.79. The molecule has 0 radical (unpaired) electrons. The van der Waals surface area contributed by atoms with Gasteiger partial charge in [0.15, 0.2) is 0 Å². The number of benzene rings is 1. The molecule has 1 unspecified atom stereocenters. The molecule has 1 aromatic carbocycles. The Balaban J connectivity index is 2.59. The Morgan fingerprint density at radius 1 is 1.30 bits per heavy atom. The summed E-state index contributed by atoms with van der Waals surface area (Å²) in [5, 5.41) is 8.93. The molecule has 0 amide bonds. The van der Waals surface area contributed by atoms with Crippen molar-refractivity contribution in [3.8, 4) is 0 Å². The average molecular weight is 299 g/mol. The number of sulfone groups is 1. The molecule has 0 saturated carbocycles. The van der Waals surface area contributed by atoms with Crippen molar-refractivity contribution in [3.63, 3.8) is 0 Å².